The van der Waals surface area contributed by atoms with Crippen molar-refractivity contribution in [3.63, 3.8) is 0 Å². The predicted molar refractivity (Wildman–Crippen MR) is 90.0 cm³/mol. The molecular weight excluding hydrogens is 334 g/mol. The van der Waals surface area contributed by atoms with Crippen molar-refractivity contribution in [3.05, 3.63) is 59.1 Å². The van der Waals surface area contributed by atoms with Crippen molar-refractivity contribution in [2.75, 3.05) is 0 Å². The topological polar surface area (TPSA) is 77.2 Å². The molecule has 23 heavy (non-hydrogen) atoms. The minimum Gasteiger partial charge on any atom is -0.369 e. The van der Waals surface area contributed by atoms with Crippen molar-refractivity contribution in [3.8, 4) is 0 Å². The summed E-state index contributed by atoms with van der Waals surface area (Å²) in [6.45, 7) is 3.45. The second-order valence-electron chi connectivity index (χ2n) is 5.99. The third-order valence-corrected chi connectivity index (χ3v) is 5.81. The third kappa shape index (κ3) is 3.74. The van der Waals surface area contributed by atoms with Gasteiger partial charge in [0, 0.05) is 10.4 Å². The van der Waals surface area contributed by atoms with Crippen LogP contribution in [0.1, 0.15) is 19.4 Å². The van der Waals surface area contributed by atoms with E-state index in [9.17, 15) is 13.2 Å². The highest BCUT2D eigenvalue weighted by atomic mass is 35.5. The Balaban J connectivity index is 2.39. The van der Waals surface area contributed by atoms with Crippen LogP contribution in [0, 0.1) is 5.41 Å². The normalized spacial score (nSPS) is 12.1. The van der Waals surface area contributed by atoms with E-state index in [1.165, 1.54) is 24.3 Å². The van der Waals surface area contributed by atoms with Crippen LogP contribution in [0.2, 0.25) is 5.02 Å². The molecule has 0 unspecified atom stereocenters. The van der Waals surface area contributed by atoms with Crippen LogP contribution in [0.5, 0.6) is 0 Å². The minimum absolute atomic E-state index is 0.120. The molecule has 0 saturated carbocycles. The predicted octanol–water partition coefficient (Wildman–Crippen LogP) is 3.23. The molecule has 1 amide bonds. The molecule has 0 aliphatic carbocycles. The molecule has 2 aromatic carbocycles. The molecule has 6 heteroatoms. The minimum atomic E-state index is -3.61. The number of amides is 1. The molecule has 0 bridgehead atoms. The van der Waals surface area contributed by atoms with Crippen molar-refractivity contribution in [2.45, 2.75) is 30.1 Å². The highest BCUT2D eigenvalue weighted by Gasteiger charge is 2.27. The summed E-state index contributed by atoms with van der Waals surface area (Å²) in [5, 5.41) is 0.302. The van der Waals surface area contributed by atoms with E-state index in [2.05, 4.69) is 0 Å². The van der Waals surface area contributed by atoms with E-state index >= 15 is 0 Å². The van der Waals surface area contributed by atoms with Crippen LogP contribution in [0.25, 0.3) is 0 Å². The molecule has 0 fully saturated rings. The smallest absolute Gasteiger partial charge is 0.223 e. The van der Waals surface area contributed by atoms with Gasteiger partial charge in [-0.2, -0.15) is 0 Å². The lowest BCUT2D eigenvalue weighted by molar-refractivity contribution is -0.125. The van der Waals surface area contributed by atoms with Crippen molar-refractivity contribution >= 4 is 27.3 Å². The summed E-state index contributed by atoms with van der Waals surface area (Å²) in [6, 6.07) is 12.7. The molecule has 0 saturated heterocycles. The van der Waals surface area contributed by atoms with Gasteiger partial charge < -0.3 is 5.73 Å². The fourth-order valence-corrected chi connectivity index (χ4v) is 3.76. The average Bonchev–Trinajstić information content (AvgIpc) is 2.49. The first-order valence-electron chi connectivity index (χ1n) is 7.03. The Morgan fingerprint density at radius 1 is 1.09 bits per heavy atom. The molecule has 0 radical (unpaired) electrons. The highest BCUT2D eigenvalue weighted by Crippen LogP contribution is 2.30. The van der Waals surface area contributed by atoms with Gasteiger partial charge in [-0.1, -0.05) is 49.7 Å². The van der Waals surface area contributed by atoms with Crippen LogP contribution in [0.3, 0.4) is 0 Å². The molecule has 122 valence electrons. The number of halogens is 1. The fourth-order valence-electron chi connectivity index (χ4n) is 2.14. The molecular formula is C17H18ClNO3S. The van der Waals surface area contributed by atoms with E-state index in [4.69, 9.17) is 17.3 Å². The first kappa shape index (κ1) is 17.5. The number of rotatable bonds is 5. The summed E-state index contributed by atoms with van der Waals surface area (Å²) in [7, 11) is -3.61. The molecule has 2 aromatic rings. The van der Waals surface area contributed by atoms with E-state index in [-0.39, 0.29) is 9.79 Å². The average molecular weight is 352 g/mol. The van der Waals surface area contributed by atoms with E-state index in [1.807, 2.05) is 0 Å². The Labute approximate surface area is 141 Å². The van der Waals surface area contributed by atoms with Gasteiger partial charge in [0.15, 0.2) is 0 Å². The molecule has 0 aliphatic heterocycles. The van der Waals surface area contributed by atoms with E-state index in [0.29, 0.717) is 17.0 Å². The third-order valence-electron chi connectivity index (χ3n) is 3.69. The number of benzene rings is 2. The number of hydrogen-bond donors (Lipinski definition) is 1. The quantitative estimate of drug-likeness (QED) is 0.898. The Morgan fingerprint density at radius 3 is 2.22 bits per heavy atom. The second kappa shape index (κ2) is 6.34. The summed E-state index contributed by atoms with van der Waals surface area (Å²) < 4.78 is 25.1. The largest absolute Gasteiger partial charge is 0.369 e. The number of carbonyl (C=O) groups is 1. The fraction of sp³-hybridized carbons (Fsp3) is 0.235. The van der Waals surface area contributed by atoms with Gasteiger partial charge in [-0.3, -0.25) is 4.79 Å². The second-order valence-corrected chi connectivity index (χ2v) is 8.35. The zero-order chi connectivity index (χ0) is 17.3. The first-order chi connectivity index (χ1) is 10.6. The summed E-state index contributed by atoms with van der Waals surface area (Å²) in [5.74, 6) is -0.436. The highest BCUT2D eigenvalue weighted by molar-refractivity contribution is 7.91. The maximum atomic E-state index is 12.6. The molecule has 0 heterocycles. The molecule has 0 spiro atoms. The summed E-state index contributed by atoms with van der Waals surface area (Å²) in [5.41, 5.74) is 5.29. The zero-order valence-corrected chi connectivity index (χ0v) is 14.5. The zero-order valence-electron chi connectivity index (χ0n) is 12.9. The van der Waals surface area contributed by atoms with Crippen LogP contribution >= 0.6 is 11.6 Å². The number of primary amides is 1. The lowest BCUT2D eigenvalue weighted by atomic mass is 9.85. The molecule has 4 nitrogen and oxygen atoms in total. The number of sulfone groups is 1. The van der Waals surface area contributed by atoms with Gasteiger partial charge in [-0.25, -0.2) is 8.42 Å². The summed E-state index contributed by atoms with van der Waals surface area (Å²) >= 11 is 6.22. The van der Waals surface area contributed by atoms with Crippen molar-refractivity contribution in [2.24, 2.45) is 11.1 Å². The Hall–Kier alpha value is -1.85. The van der Waals surface area contributed by atoms with Gasteiger partial charge in [0.05, 0.1) is 9.79 Å². The number of carbonyl (C=O) groups excluding carboxylic acids is 1. The maximum Gasteiger partial charge on any atom is 0.223 e. The Kier molecular flexibility index (Phi) is 4.82. The lowest BCUT2D eigenvalue weighted by Crippen LogP contribution is -2.33. The molecule has 0 aromatic heterocycles. The van der Waals surface area contributed by atoms with Gasteiger partial charge in [-0.05, 0) is 36.2 Å². The number of hydrogen-bond acceptors (Lipinski definition) is 3. The van der Waals surface area contributed by atoms with Crippen molar-refractivity contribution in [1.82, 2.24) is 0 Å². The molecule has 2 N–H and O–H groups in total. The number of nitrogens with two attached hydrogens (primary N) is 1. The van der Waals surface area contributed by atoms with Gasteiger partial charge in [0.25, 0.3) is 0 Å². The van der Waals surface area contributed by atoms with Gasteiger partial charge >= 0.3 is 0 Å². The van der Waals surface area contributed by atoms with Gasteiger partial charge in [0.1, 0.15) is 0 Å². The van der Waals surface area contributed by atoms with Crippen LogP contribution in [0.15, 0.2) is 58.3 Å². The van der Waals surface area contributed by atoms with Crippen LogP contribution in [-0.4, -0.2) is 14.3 Å². The van der Waals surface area contributed by atoms with E-state index < -0.39 is 21.2 Å². The standard InChI is InChI=1S/C17H18ClNO3S/c1-17(2,16(19)20)11-12-8-9-14(10-15(12)18)23(21,22)13-6-4-3-5-7-13/h3-10H,11H2,1-2H3,(H2,19,20). The Bertz CT molecular complexity index is 830. The molecule has 0 aliphatic rings. The Morgan fingerprint density at radius 2 is 1.70 bits per heavy atom. The van der Waals surface area contributed by atoms with Crippen molar-refractivity contribution in [1.29, 1.82) is 0 Å². The molecule has 2 rings (SSSR count). The van der Waals surface area contributed by atoms with E-state index in [0.717, 1.165) is 0 Å². The van der Waals surface area contributed by atoms with Crippen LogP contribution < -0.4 is 5.73 Å². The SMILES string of the molecule is CC(C)(Cc1ccc(S(=O)(=O)c2ccccc2)cc1Cl)C(N)=O. The van der Waals surface area contributed by atoms with Gasteiger partial charge in [0.2, 0.25) is 15.7 Å². The van der Waals surface area contributed by atoms with Crippen LogP contribution in [0.4, 0.5) is 0 Å². The monoisotopic (exact) mass is 351 g/mol. The van der Waals surface area contributed by atoms with Crippen LogP contribution in [-0.2, 0) is 21.1 Å². The summed E-state index contributed by atoms with van der Waals surface area (Å²) in [4.78, 5) is 11.8. The first-order valence-corrected chi connectivity index (χ1v) is 8.89. The maximum absolute atomic E-state index is 12.6. The summed E-state index contributed by atoms with van der Waals surface area (Å²) in [6.07, 6.45) is 0.340. The van der Waals surface area contributed by atoms with E-state index in [1.54, 1.807) is 38.1 Å². The van der Waals surface area contributed by atoms with Crippen molar-refractivity contribution < 1.29 is 13.2 Å². The van der Waals surface area contributed by atoms with Gasteiger partial charge in [-0.15, -0.1) is 0 Å². The lowest BCUT2D eigenvalue weighted by Gasteiger charge is -2.21. The molecule has 0 atom stereocenters.